The van der Waals surface area contributed by atoms with Gasteiger partial charge in [0, 0.05) is 26.2 Å². The Morgan fingerprint density at radius 1 is 1.50 bits per heavy atom. The number of rotatable bonds is 5. The second-order valence-corrected chi connectivity index (χ2v) is 6.05. The Morgan fingerprint density at radius 2 is 2.21 bits per heavy atom. The molecule has 14 heavy (non-hydrogen) atoms. The number of thiophene rings is 1. The van der Waals surface area contributed by atoms with Gasteiger partial charge in [0.1, 0.15) is 0 Å². The molecule has 0 bridgehead atoms. The number of hydrogen-bond acceptors (Lipinski definition) is 3. The summed E-state index contributed by atoms with van der Waals surface area (Å²) in [5.41, 5.74) is 0. The number of likely N-dealkylation sites (N-methyl/N-ethyl adjacent to an activating group) is 1. The fraction of sp³-hybridized carbons (Fsp3) is 0.600. The first-order valence-corrected chi connectivity index (χ1v) is 6.40. The highest BCUT2D eigenvalue weighted by atomic mass is 79.9. The number of halogens is 1. The van der Waals surface area contributed by atoms with Crippen molar-refractivity contribution in [2.45, 2.75) is 19.9 Å². The second kappa shape index (κ2) is 5.73. The van der Waals surface area contributed by atoms with E-state index in [4.69, 9.17) is 0 Å². The van der Waals surface area contributed by atoms with Gasteiger partial charge in [0.2, 0.25) is 0 Å². The molecule has 0 aromatic carbocycles. The normalized spacial score (nSPS) is 10.9. The molecule has 4 heteroatoms. The second-order valence-electron chi connectivity index (χ2n) is 3.61. The van der Waals surface area contributed by atoms with E-state index in [9.17, 15) is 0 Å². The van der Waals surface area contributed by atoms with Crippen LogP contribution in [0.2, 0.25) is 0 Å². The lowest BCUT2D eigenvalue weighted by atomic mass is 10.4. The zero-order valence-electron chi connectivity index (χ0n) is 8.88. The van der Waals surface area contributed by atoms with Crippen molar-refractivity contribution in [2.24, 2.45) is 0 Å². The molecule has 1 heterocycles. The quantitative estimate of drug-likeness (QED) is 0.890. The summed E-state index contributed by atoms with van der Waals surface area (Å²) in [6, 6.07) is 4.80. The standard InChI is InChI=1S/C10H17BrN2S/c1-8(2)12-6-7-13(3)10-5-4-9(11)14-10/h4-5,8,12H,6-7H2,1-3H3. The first kappa shape index (κ1) is 12.0. The Hall–Kier alpha value is -0.0600. The number of nitrogens with zero attached hydrogens (tertiary/aromatic N) is 1. The molecule has 2 nitrogen and oxygen atoms in total. The van der Waals surface area contributed by atoms with E-state index >= 15 is 0 Å². The monoisotopic (exact) mass is 276 g/mol. The lowest BCUT2D eigenvalue weighted by Crippen LogP contribution is -2.32. The minimum Gasteiger partial charge on any atom is -0.365 e. The van der Waals surface area contributed by atoms with Gasteiger partial charge >= 0.3 is 0 Å². The van der Waals surface area contributed by atoms with E-state index in [2.05, 4.69) is 59.2 Å². The van der Waals surface area contributed by atoms with Crippen molar-refractivity contribution in [3.63, 3.8) is 0 Å². The molecule has 0 saturated heterocycles. The van der Waals surface area contributed by atoms with Gasteiger partial charge in [-0.2, -0.15) is 0 Å². The molecule has 1 N–H and O–H groups in total. The van der Waals surface area contributed by atoms with Crippen LogP contribution in [0.25, 0.3) is 0 Å². The molecule has 0 spiro atoms. The highest BCUT2D eigenvalue weighted by Crippen LogP contribution is 2.28. The number of nitrogens with one attached hydrogen (secondary N) is 1. The molecule has 1 aromatic heterocycles. The molecule has 0 unspecified atom stereocenters. The van der Waals surface area contributed by atoms with Crippen LogP contribution < -0.4 is 10.2 Å². The smallest absolute Gasteiger partial charge is 0.0918 e. The third kappa shape index (κ3) is 3.98. The van der Waals surface area contributed by atoms with E-state index in [1.165, 1.54) is 8.79 Å². The van der Waals surface area contributed by atoms with Crippen LogP contribution in [-0.2, 0) is 0 Å². The molecule has 0 fully saturated rings. The van der Waals surface area contributed by atoms with Gasteiger partial charge in [-0.05, 0) is 28.1 Å². The molecule has 0 saturated carbocycles. The lowest BCUT2D eigenvalue weighted by Gasteiger charge is -2.18. The Morgan fingerprint density at radius 3 is 2.71 bits per heavy atom. The van der Waals surface area contributed by atoms with Crippen molar-refractivity contribution < 1.29 is 0 Å². The van der Waals surface area contributed by atoms with Crippen LogP contribution in [0.5, 0.6) is 0 Å². The third-order valence-corrected chi connectivity index (χ3v) is 3.67. The predicted octanol–water partition coefficient (Wildman–Crippen LogP) is 2.94. The van der Waals surface area contributed by atoms with Gasteiger partial charge in [0.25, 0.3) is 0 Å². The van der Waals surface area contributed by atoms with Crippen molar-refractivity contribution in [3.05, 3.63) is 15.9 Å². The topological polar surface area (TPSA) is 15.3 Å². The van der Waals surface area contributed by atoms with E-state index in [1.54, 1.807) is 11.3 Å². The highest BCUT2D eigenvalue weighted by molar-refractivity contribution is 9.11. The molecule has 0 radical (unpaired) electrons. The third-order valence-electron chi connectivity index (χ3n) is 1.94. The average Bonchev–Trinajstić information content (AvgIpc) is 2.51. The van der Waals surface area contributed by atoms with Crippen LogP contribution in [0.4, 0.5) is 5.00 Å². The largest absolute Gasteiger partial charge is 0.365 e. The van der Waals surface area contributed by atoms with Crippen molar-refractivity contribution in [2.75, 3.05) is 25.0 Å². The van der Waals surface area contributed by atoms with Gasteiger partial charge in [-0.3, -0.25) is 0 Å². The van der Waals surface area contributed by atoms with E-state index < -0.39 is 0 Å². The van der Waals surface area contributed by atoms with Gasteiger partial charge in [0.05, 0.1) is 8.79 Å². The first-order chi connectivity index (χ1) is 6.59. The first-order valence-electron chi connectivity index (χ1n) is 4.79. The molecule has 80 valence electrons. The molecule has 1 aromatic rings. The predicted molar refractivity (Wildman–Crippen MR) is 68.4 cm³/mol. The fourth-order valence-electron chi connectivity index (χ4n) is 1.14. The summed E-state index contributed by atoms with van der Waals surface area (Å²) in [4.78, 5) is 2.27. The molecular formula is C10H17BrN2S. The maximum absolute atomic E-state index is 3.47. The Kier molecular flexibility index (Phi) is 4.92. The number of anilines is 1. The van der Waals surface area contributed by atoms with Crippen molar-refractivity contribution in [3.8, 4) is 0 Å². The SMILES string of the molecule is CC(C)NCCN(C)c1ccc(Br)s1. The van der Waals surface area contributed by atoms with E-state index in [-0.39, 0.29) is 0 Å². The molecule has 0 aliphatic carbocycles. The summed E-state index contributed by atoms with van der Waals surface area (Å²) in [5.74, 6) is 0. The van der Waals surface area contributed by atoms with Crippen molar-refractivity contribution in [1.82, 2.24) is 5.32 Å². The van der Waals surface area contributed by atoms with Gasteiger partial charge < -0.3 is 10.2 Å². The zero-order valence-corrected chi connectivity index (χ0v) is 11.3. The van der Waals surface area contributed by atoms with Gasteiger partial charge in [-0.1, -0.05) is 13.8 Å². The maximum atomic E-state index is 3.47. The minimum absolute atomic E-state index is 0.568. The van der Waals surface area contributed by atoms with Crippen LogP contribution >= 0.6 is 27.3 Å². The summed E-state index contributed by atoms with van der Waals surface area (Å²) < 4.78 is 1.19. The molecular weight excluding hydrogens is 260 g/mol. The summed E-state index contributed by atoms with van der Waals surface area (Å²) in [5, 5.41) is 4.71. The van der Waals surface area contributed by atoms with Crippen molar-refractivity contribution >= 4 is 32.3 Å². The summed E-state index contributed by atoms with van der Waals surface area (Å²) in [6.07, 6.45) is 0. The van der Waals surface area contributed by atoms with Crippen LogP contribution in [0.1, 0.15) is 13.8 Å². The Labute approximate surface area is 98.4 Å². The van der Waals surface area contributed by atoms with Crippen LogP contribution in [0.15, 0.2) is 15.9 Å². The summed E-state index contributed by atoms with van der Waals surface area (Å²) >= 11 is 5.24. The van der Waals surface area contributed by atoms with Gasteiger partial charge in [-0.15, -0.1) is 11.3 Å². The average molecular weight is 277 g/mol. The highest BCUT2D eigenvalue weighted by Gasteiger charge is 2.03. The maximum Gasteiger partial charge on any atom is 0.0918 e. The number of hydrogen-bond donors (Lipinski definition) is 1. The molecule has 0 aliphatic heterocycles. The fourth-order valence-corrected chi connectivity index (χ4v) is 2.49. The van der Waals surface area contributed by atoms with Crippen LogP contribution in [-0.4, -0.2) is 26.2 Å². The summed E-state index contributed by atoms with van der Waals surface area (Å²) in [7, 11) is 2.13. The Balaban J connectivity index is 2.32. The minimum atomic E-state index is 0.568. The van der Waals surface area contributed by atoms with E-state index in [1.807, 2.05) is 0 Å². The molecule has 1 rings (SSSR count). The van der Waals surface area contributed by atoms with E-state index in [0.29, 0.717) is 6.04 Å². The van der Waals surface area contributed by atoms with Crippen molar-refractivity contribution in [1.29, 1.82) is 0 Å². The van der Waals surface area contributed by atoms with Crippen LogP contribution in [0, 0.1) is 0 Å². The Bertz CT molecular complexity index is 273. The molecule has 0 atom stereocenters. The zero-order chi connectivity index (χ0) is 10.6. The van der Waals surface area contributed by atoms with Gasteiger partial charge in [0.15, 0.2) is 0 Å². The summed E-state index contributed by atoms with van der Waals surface area (Å²) in [6.45, 7) is 6.41. The molecule has 0 amide bonds. The van der Waals surface area contributed by atoms with Crippen LogP contribution in [0.3, 0.4) is 0 Å². The lowest BCUT2D eigenvalue weighted by molar-refractivity contribution is 0.590. The molecule has 0 aliphatic rings. The van der Waals surface area contributed by atoms with E-state index in [0.717, 1.165) is 13.1 Å². The van der Waals surface area contributed by atoms with Gasteiger partial charge in [-0.25, -0.2) is 0 Å².